The molecule has 0 aliphatic heterocycles. The molecular weight excluding hydrogens is 246 g/mol. The second kappa shape index (κ2) is 5.10. The Bertz CT molecular complexity index is 339. The molecule has 0 saturated carbocycles. The van der Waals surface area contributed by atoms with Crippen LogP contribution in [-0.2, 0) is 12.8 Å². The minimum Gasteiger partial charge on any atom is -0.258 e. The maximum absolute atomic E-state index is 10.5. The Morgan fingerprint density at radius 1 is 1.43 bits per heavy atom. The number of rotatable bonds is 4. The summed E-state index contributed by atoms with van der Waals surface area (Å²) in [5, 5.41) is 11.4. The predicted molar refractivity (Wildman–Crippen MR) is 60.0 cm³/mol. The van der Waals surface area contributed by atoms with Crippen LogP contribution in [-0.4, -0.2) is 10.3 Å². The quantitative estimate of drug-likeness (QED) is 0.473. The van der Waals surface area contributed by atoms with Crippen LogP contribution in [0.5, 0.6) is 0 Å². The topological polar surface area (TPSA) is 43.1 Å². The highest BCUT2D eigenvalue weighted by Gasteiger charge is 2.08. The zero-order valence-corrected chi connectivity index (χ0v) is 9.58. The van der Waals surface area contributed by atoms with Gasteiger partial charge in [-0.2, -0.15) is 0 Å². The zero-order valence-electron chi connectivity index (χ0n) is 8.00. The third kappa shape index (κ3) is 2.54. The van der Waals surface area contributed by atoms with Gasteiger partial charge in [-0.3, -0.25) is 10.1 Å². The molecule has 0 unspecified atom stereocenters. The Balaban J connectivity index is 3.04. The lowest BCUT2D eigenvalue weighted by atomic mass is 10.0. The van der Waals surface area contributed by atoms with Crippen molar-refractivity contribution in [3.63, 3.8) is 0 Å². The van der Waals surface area contributed by atoms with E-state index >= 15 is 0 Å². The van der Waals surface area contributed by atoms with Crippen LogP contribution in [0.1, 0.15) is 18.1 Å². The number of halogens is 1. The van der Waals surface area contributed by atoms with Gasteiger partial charge in [0.1, 0.15) is 0 Å². The molecule has 0 bridgehead atoms. The third-order valence-electron chi connectivity index (χ3n) is 2.15. The van der Waals surface area contributed by atoms with Crippen LogP contribution in [0.25, 0.3) is 0 Å². The Kier molecular flexibility index (Phi) is 4.07. The number of nitro groups is 1. The summed E-state index contributed by atoms with van der Waals surface area (Å²) >= 11 is 3.36. The molecule has 0 radical (unpaired) electrons. The van der Waals surface area contributed by atoms with Crippen molar-refractivity contribution in [1.82, 2.24) is 0 Å². The van der Waals surface area contributed by atoms with Gasteiger partial charge in [-0.05, 0) is 24.0 Å². The van der Waals surface area contributed by atoms with Gasteiger partial charge in [0.15, 0.2) is 0 Å². The molecule has 0 heterocycles. The van der Waals surface area contributed by atoms with Crippen molar-refractivity contribution in [2.24, 2.45) is 0 Å². The molecule has 0 aliphatic rings. The molecule has 0 fully saturated rings. The van der Waals surface area contributed by atoms with Crippen molar-refractivity contribution in [2.75, 3.05) is 5.33 Å². The van der Waals surface area contributed by atoms with E-state index in [0.717, 1.165) is 23.7 Å². The Morgan fingerprint density at radius 2 is 2.14 bits per heavy atom. The molecule has 1 rings (SSSR count). The molecule has 0 aromatic heterocycles. The van der Waals surface area contributed by atoms with Gasteiger partial charge in [-0.15, -0.1) is 0 Å². The molecule has 1 aromatic carbocycles. The molecule has 3 nitrogen and oxygen atoms in total. The van der Waals surface area contributed by atoms with E-state index in [4.69, 9.17) is 0 Å². The largest absolute Gasteiger partial charge is 0.269 e. The van der Waals surface area contributed by atoms with E-state index in [1.165, 1.54) is 5.56 Å². The van der Waals surface area contributed by atoms with E-state index in [1.54, 1.807) is 12.1 Å². The number of nitrogens with zero attached hydrogens (tertiary/aromatic N) is 1. The van der Waals surface area contributed by atoms with E-state index in [0.29, 0.717) is 0 Å². The average molecular weight is 258 g/mol. The maximum atomic E-state index is 10.5. The van der Waals surface area contributed by atoms with E-state index in [9.17, 15) is 10.1 Å². The highest BCUT2D eigenvalue weighted by atomic mass is 79.9. The minimum atomic E-state index is -0.350. The molecule has 76 valence electrons. The lowest BCUT2D eigenvalue weighted by molar-refractivity contribution is -0.384. The number of nitro benzene ring substituents is 1. The Hall–Kier alpha value is -0.900. The SMILES string of the molecule is CCc1cc([N+](=O)[O-])ccc1CCBr. The number of hydrogen-bond acceptors (Lipinski definition) is 2. The smallest absolute Gasteiger partial charge is 0.258 e. The first-order valence-corrected chi connectivity index (χ1v) is 5.63. The number of benzene rings is 1. The van der Waals surface area contributed by atoms with Gasteiger partial charge >= 0.3 is 0 Å². The van der Waals surface area contributed by atoms with Crippen LogP contribution < -0.4 is 0 Å². The summed E-state index contributed by atoms with van der Waals surface area (Å²) in [6.45, 7) is 2.01. The summed E-state index contributed by atoms with van der Waals surface area (Å²) in [7, 11) is 0. The number of alkyl halides is 1. The first-order chi connectivity index (χ1) is 6.69. The van der Waals surface area contributed by atoms with Crippen molar-refractivity contribution < 1.29 is 4.92 Å². The van der Waals surface area contributed by atoms with Gasteiger partial charge in [0, 0.05) is 17.5 Å². The Labute approximate surface area is 91.4 Å². The molecule has 14 heavy (non-hydrogen) atoms. The lowest BCUT2D eigenvalue weighted by Gasteiger charge is -2.05. The number of hydrogen-bond donors (Lipinski definition) is 0. The molecule has 0 aliphatic carbocycles. The summed E-state index contributed by atoms with van der Waals surface area (Å²) in [6, 6.07) is 5.08. The van der Waals surface area contributed by atoms with Gasteiger partial charge in [0.05, 0.1) is 4.92 Å². The fraction of sp³-hybridized carbons (Fsp3) is 0.400. The Morgan fingerprint density at radius 3 is 2.64 bits per heavy atom. The van der Waals surface area contributed by atoms with Crippen LogP contribution in [0.3, 0.4) is 0 Å². The van der Waals surface area contributed by atoms with Crippen LogP contribution in [0.15, 0.2) is 18.2 Å². The highest BCUT2D eigenvalue weighted by Crippen LogP contribution is 2.19. The van der Waals surface area contributed by atoms with E-state index in [1.807, 2.05) is 13.0 Å². The van der Waals surface area contributed by atoms with Gasteiger partial charge in [-0.1, -0.05) is 28.9 Å². The summed E-state index contributed by atoms with van der Waals surface area (Å²) in [5.74, 6) is 0. The number of non-ortho nitro benzene ring substituents is 1. The standard InChI is InChI=1S/C10H12BrNO2/c1-2-8-7-10(12(13)14)4-3-9(8)5-6-11/h3-4,7H,2,5-6H2,1H3. The normalized spacial score (nSPS) is 10.1. The van der Waals surface area contributed by atoms with Gasteiger partial charge < -0.3 is 0 Å². The van der Waals surface area contributed by atoms with Crippen LogP contribution in [0.4, 0.5) is 5.69 Å². The van der Waals surface area contributed by atoms with Gasteiger partial charge in [0.25, 0.3) is 5.69 Å². The molecule has 0 saturated heterocycles. The summed E-state index contributed by atoms with van der Waals surface area (Å²) < 4.78 is 0. The molecule has 1 aromatic rings. The molecule has 0 spiro atoms. The van der Waals surface area contributed by atoms with E-state index < -0.39 is 0 Å². The molecule has 4 heteroatoms. The van der Waals surface area contributed by atoms with Gasteiger partial charge in [0.2, 0.25) is 0 Å². The third-order valence-corrected chi connectivity index (χ3v) is 2.54. The molecular formula is C10H12BrNO2. The van der Waals surface area contributed by atoms with Crippen LogP contribution >= 0.6 is 15.9 Å². The van der Waals surface area contributed by atoms with Crippen molar-refractivity contribution in [3.05, 3.63) is 39.4 Å². The summed E-state index contributed by atoms with van der Waals surface area (Å²) in [5.41, 5.74) is 2.44. The van der Waals surface area contributed by atoms with Crippen molar-refractivity contribution in [2.45, 2.75) is 19.8 Å². The fourth-order valence-corrected chi connectivity index (χ4v) is 1.83. The monoisotopic (exact) mass is 257 g/mol. The first-order valence-electron chi connectivity index (χ1n) is 4.51. The second-order valence-electron chi connectivity index (χ2n) is 3.00. The van der Waals surface area contributed by atoms with E-state index in [2.05, 4.69) is 15.9 Å². The van der Waals surface area contributed by atoms with E-state index in [-0.39, 0.29) is 10.6 Å². The summed E-state index contributed by atoms with van der Waals surface area (Å²) in [6.07, 6.45) is 1.76. The first kappa shape index (κ1) is 11.2. The zero-order chi connectivity index (χ0) is 10.6. The second-order valence-corrected chi connectivity index (χ2v) is 3.80. The molecule has 0 atom stereocenters. The van der Waals surface area contributed by atoms with Crippen LogP contribution in [0.2, 0.25) is 0 Å². The van der Waals surface area contributed by atoms with Crippen molar-refractivity contribution >= 4 is 21.6 Å². The van der Waals surface area contributed by atoms with Crippen LogP contribution in [0, 0.1) is 10.1 Å². The van der Waals surface area contributed by atoms with Crippen molar-refractivity contribution in [1.29, 1.82) is 0 Å². The number of aryl methyl sites for hydroxylation is 2. The van der Waals surface area contributed by atoms with Gasteiger partial charge in [-0.25, -0.2) is 0 Å². The lowest BCUT2D eigenvalue weighted by Crippen LogP contribution is -1.96. The summed E-state index contributed by atoms with van der Waals surface area (Å²) in [4.78, 5) is 10.2. The predicted octanol–water partition coefficient (Wildman–Crippen LogP) is 3.09. The maximum Gasteiger partial charge on any atom is 0.269 e. The molecule has 0 amide bonds. The average Bonchev–Trinajstić information content (AvgIpc) is 2.18. The van der Waals surface area contributed by atoms with Crippen molar-refractivity contribution in [3.8, 4) is 0 Å². The fourth-order valence-electron chi connectivity index (χ4n) is 1.40. The highest BCUT2D eigenvalue weighted by molar-refractivity contribution is 9.09. The minimum absolute atomic E-state index is 0.181. The molecule has 0 N–H and O–H groups in total.